The zero-order valence-corrected chi connectivity index (χ0v) is 16.8. The standard InChI is InChI=1S/C23H30N2O3/c1-18(14-20-10-6-7-11-22(20)27-2)25(16-19-8-4-3-5-9-19)23(26)15-21-17-28-13-12-24-21/h3-11,18,21,24H,12-17H2,1-2H3. The SMILES string of the molecule is COc1ccccc1CC(C)N(Cc1ccccc1)C(=O)CC1COCCN1. The van der Waals surface area contributed by atoms with E-state index in [4.69, 9.17) is 9.47 Å². The summed E-state index contributed by atoms with van der Waals surface area (Å²) in [7, 11) is 1.69. The lowest BCUT2D eigenvalue weighted by Gasteiger charge is -2.32. The molecule has 1 heterocycles. The fourth-order valence-electron chi connectivity index (χ4n) is 3.65. The van der Waals surface area contributed by atoms with Gasteiger partial charge in [-0.3, -0.25) is 4.79 Å². The van der Waals surface area contributed by atoms with Gasteiger partial charge in [-0.05, 0) is 30.5 Å². The van der Waals surface area contributed by atoms with Crippen LogP contribution in [-0.4, -0.2) is 49.8 Å². The molecular weight excluding hydrogens is 352 g/mol. The van der Waals surface area contributed by atoms with Crippen molar-refractivity contribution in [2.24, 2.45) is 0 Å². The van der Waals surface area contributed by atoms with Gasteiger partial charge in [0.2, 0.25) is 5.91 Å². The molecule has 1 fully saturated rings. The number of hydrogen-bond donors (Lipinski definition) is 1. The van der Waals surface area contributed by atoms with Crippen LogP contribution < -0.4 is 10.1 Å². The molecule has 1 aliphatic heterocycles. The Morgan fingerprint density at radius 1 is 1.21 bits per heavy atom. The van der Waals surface area contributed by atoms with Crippen LogP contribution in [0.15, 0.2) is 54.6 Å². The molecule has 2 aromatic rings. The highest BCUT2D eigenvalue weighted by molar-refractivity contribution is 5.77. The van der Waals surface area contributed by atoms with Gasteiger partial charge in [0.15, 0.2) is 0 Å². The monoisotopic (exact) mass is 382 g/mol. The summed E-state index contributed by atoms with van der Waals surface area (Å²) >= 11 is 0. The summed E-state index contributed by atoms with van der Waals surface area (Å²) in [6.45, 7) is 4.81. The van der Waals surface area contributed by atoms with Crippen molar-refractivity contribution in [1.82, 2.24) is 10.2 Å². The topological polar surface area (TPSA) is 50.8 Å². The van der Waals surface area contributed by atoms with Crippen molar-refractivity contribution < 1.29 is 14.3 Å². The molecule has 1 amide bonds. The van der Waals surface area contributed by atoms with Crippen molar-refractivity contribution >= 4 is 5.91 Å². The molecule has 0 aromatic heterocycles. The minimum absolute atomic E-state index is 0.0496. The van der Waals surface area contributed by atoms with Crippen molar-refractivity contribution in [3.63, 3.8) is 0 Å². The van der Waals surface area contributed by atoms with E-state index in [2.05, 4.69) is 30.4 Å². The lowest BCUT2D eigenvalue weighted by Crippen LogP contribution is -2.47. The highest BCUT2D eigenvalue weighted by atomic mass is 16.5. The van der Waals surface area contributed by atoms with Gasteiger partial charge in [-0.2, -0.15) is 0 Å². The average Bonchev–Trinajstić information content (AvgIpc) is 2.73. The van der Waals surface area contributed by atoms with Crippen LogP contribution in [0.4, 0.5) is 0 Å². The molecular formula is C23H30N2O3. The molecule has 2 aromatic carbocycles. The number of benzene rings is 2. The Balaban J connectivity index is 1.74. The van der Waals surface area contributed by atoms with E-state index in [1.807, 2.05) is 41.3 Å². The first-order valence-corrected chi connectivity index (χ1v) is 9.93. The van der Waals surface area contributed by atoms with Crippen molar-refractivity contribution in [2.45, 2.75) is 38.4 Å². The Kier molecular flexibility index (Phi) is 7.46. The largest absolute Gasteiger partial charge is 0.496 e. The molecule has 150 valence electrons. The second kappa shape index (κ2) is 10.2. The van der Waals surface area contributed by atoms with Gasteiger partial charge in [0.25, 0.3) is 0 Å². The summed E-state index contributed by atoms with van der Waals surface area (Å²) in [6.07, 6.45) is 1.19. The van der Waals surface area contributed by atoms with E-state index in [0.29, 0.717) is 26.2 Å². The molecule has 2 atom stereocenters. The van der Waals surface area contributed by atoms with Crippen LogP contribution in [0.3, 0.4) is 0 Å². The summed E-state index contributed by atoms with van der Waals surface area (Å²) in [5, 5.41) is 3.38. The Bertz CT molecular complexity index is 745. The van der Waals surface area contributed by atoms with Crippen LogP contribution in [0.25, 0.3) is 0 Å². The van der Waals surface area contributed by atoms with Crippen LogP contribution in [0.1, 0.15) is 24.5 Å². The quantitative estimate of drug-likeness (QED) is 0.762. The molecule has 28 heavy (non-hydrogen) atoms. The van der Waals surface area contributed by atoms with Gasteiger partial charge < -0.3 is 19.7 Å². The summed E-state index contributed by atoms with van der Waals surface area (Å²) in [5.74, 6) is 1.01. The number of amides is 1. The van der Waals surface area contributed by atoms with E-state index in [9.17, 15) is 4.79 Å². The number of methoxy groups -OCH3 is 1. The second-order valence-corrected chi connectivity index (χ2v) is 7.30. The summed E-state index contributed by atoms with van der Waals surface area (Å²) < 4.78 is 11.0. The van der Waals surface area contributed by atoms with Crippen LogP contribution in [0.5, 0.6) is 5.75 Å². The number of nitrogens with zero attached hydrogens (tertiary/aromatic N) is 1. The van der Waals surface area contributed by atoms with Gasteiger partial charge in [0, 0.05) is 31.6 Å². The van der Waals surface area contributed by atoms with Crippen LogP contribution in [-0.2, 0) is 22.5 Å². The summed E-state index contributed by atoms with van der Waals surface area (Å²) in [4.78, 5) is 15.2. The predicted molar refractivity (Wildman–Crippen MR) is 110 cm³/mol. The summed E-state index contributed by atoms with van der Waals surface area (Å²) in [5.41, 5.74) is 2.25. The Hall–Kier alpha value is -2.37. The first-order chi connectivity index (χ1) is 13.7. The fourth-order valence-corrected chi connectivity index (χ4v) is 3.65. The van der Waals surface area contributed by atoms with Crippen molar-refractivity contribution in [3.8, 4) is 5.75 Å². The third-order valence-electron chi connectivity index (χ3n) is 5.18. The second-order valence-electron chi connectivity index (χ2n) is 7.30. The smallest absolute Gasteiger partial charge is 0.224 e. The highest BCUT2D eigenvalue weighted by Crippen LogP contribution is 2.22. The van der Waals surface area contributed by atoms with E-state index in [0.717, 1.165) is 29.8 Å². The third kappa shape index (κ3) is 5.57. The maximum Gasteiger partial charge on any atom is 0.224 e. The van der Waals surface area contributed by atoms with E-state index < -0.39 is 0 Å². The fraction of sp³-hybridized carbons (Fsp3) is 0.435. The molecule has 5 nitrogen and oxygen atoms in total. The van der Waals surface area contributed by atoms with Gasteiger partial charge in [0.1, 0.15) is 5.75 Å². The number of carbonyl (C=O) groups excluding carboxylic acids is 1. The average molecular weight is 383 g/mol. The normalized spacial score (nSPS) is 17.7. The first kappa shape index (κ1) is 20.4. The highest BCUT2D eigenvalue weighted by Gasteiger charge is 2.25. The van der Waals surface area contributed by atoms with Crippen molar-refractivity contribution in [1.29, 1.82) is 0 Å². The van der Waals surface area contributed by atoms with Gasteiger partial charge in [-0.15, -0.1) is 0 Å². The molecule has 0 saturated carbocycles. The molecule has 1 saturated heterocycles. The van der Waals surface area contributed by atoms with Crippen LogP contribution in [0.2, 0.25) is 0 Å². The molecule has 3 rings (SSSR count). The number of nitrogens with one attached hydrogen (secondary N) is 1. The number of ether oxygens (including phenoxy) is 2. The molecule has 2 unspecified atom stereocenters. The lowest BCUT2D eigenvalue weighted by molar-refractivity contribution is -0.135. The maximum atomic E-state index is 13.2. The number of hydrogen-bond acceptors (Lipinski definition) is 4. The maximum absolute atomic E-state index is 13.2. The third-order valence-corrected chi connectivity index (χ3v) is 5.18. The minimum Gasteiger partial charge on any atom is -0.496 e. The Morgan fingerprint density at radius 3 is 2.68 bits per heavy atom. The molecule has 0 bridgehead atoms. The van der Waals surface area contributed by atoms with E-state index in [1.165, 1.54) is 0 Å². The Labute approximate surface area is 167 Å². The predicted octanol–water partition coefficient (Wildman–Crippen LogP) is 3.03. The summed E-state index contributed by atoms with van der Waals surface area (Å²) in [6, 6.07) is 18.3. The van der Waals surface area contributed by atoms with Gasteiger partial charge in [-0.25, -0.2) is 0 Å². The molecule has 1 N–H and O–H groups in total. The van der Waals surface area contributed by atoms with E-state index in [1.54, 1.807) is 7.11 Å². The molecule has 0 spiro atoms. The number of para-hydroxylation sites is 1. The van der Waals surface area contributed by atoms with Gasteiger partial charge >= 0.3 is 0 Å². The van der Waals surface area contributed by atoms with Gasteiger partial charge in [-0.1, -0.05) is 48.5 Å². The van der Waals surface area contributed by atoms with Crippen LogP contribution in [0, 0.1) is 0 Å². The first-order valence-electron chi connectivity index (χ1n) is 9.93. The van der Waals surface area contributed by atoms with Crippen LogP contribution >= 0.6 is 0 Å². The number of morpholine rings is 1. The molecule has 0 aliphatic carbocycles. The van der Waals surface area contributed by atoms with E-state index in [-0.39, 0.29) is 18.0 Å². The zero-order chi connectivity index (χ0) is 19.8. The number of rotatable bonds is 8. The van der Waals surface area contributed by atoms with Crippen molar-refractivity contribution in [3.05, 3.63) is 65.7 Å². The Morgan fingerprint density at radius 2 is 1.96 bits per heavy atom. The van der Waals surface area contributed by atoms with Crippen molar-refractivity contribution in [2.75, 3.05) is 26.9 Å². The number of carbonyl (C=O) groups is 1. The molecule has 0 radical (unpaired) electrons. The zero-order valence-electron chi connectivity index (χ0n) is 16.8. The molecule has 5 heteroatoms. The molecule has 1 aliphatic rings. The minimum atomic E-state index is 0.0496. The lowest BCUT2D eigenvalue weighted by atomic mass is 10.0. The van der Waals surface area contributed by atoms with E-state index >= 15 is 0 Å². The van der Waals surface area contributed by atoms with Gasteiger partial charge in [0.05, 0.1) is 20.3 Å².